The van der Waals surface area contributed by atoms with E-state index in [0.29, 0.717) is 48.5 Å². The van der Waals surface area contributed by atoms with Crippen molar-refractivity contribution in [1.29, 1.82) is 0 Å². The van der Waals surface area contributed by atoms with Gasteiger partial charge in [-0.1, -0.05) is 20.8 Å². The highest BCUT2D eigenvalue weighted by Gasteiger charge is 2.62. The Morgan fingerprint density at radius 3 is 2.61 bits per heavy atom. The molecule has 4 saturated carbocycles. The van der Waals surface area contributed by atoms with Gasteiger partial charge in [-0.05, 0) is 128 Å². The molecule has 0 spiro atoms. The molecule has 5 aliphatic rings. The lowest BCUT2D eigenvalue weighted by atomic mass is 9.43. The molecular formula is C31H44FNO3. The van der Waals surface area contributed by atoms with E-state index in [1.165, 1.54) is 37.8 Å². The van der Waals surface area contributed by atoms with Crippen LogP contribution in [0.15, 0.2) is 18.2 Å². The third kappa shape index (κ3) is 3.70. The van der Waals surface area contributed by atoms with Crippen LogP contribution in [0.2, 0.25) is 0 Å². The Bertz CT molecular complexity index is 1030. The van der Waals surface area contributed by atoms with E-state index in [1.807, 2.05) is 4.90 Å². The SMILES string of the molecule is C[C@H](CCC(=O)N1Cc2cc(F)ccc21)[C@H]1CC[C@H]2[C@@H]3[C@@H](O)C[C@@H]4C[C@H](O)CC[C@]4(C)[C@H]3CC[C@]12C. The first-order valence-corrected chi connectivity index (χ1v) is 14.6. The molecule has 10 atom stereocenters. The van der Waals surface area contributed by atoms with Crippen molar-refractivity contribution in [3.05, 3.63) is 29.6 Å². The van der Waals surface area contributed by atoms with Crippen molar-refractivity contribution in [2.75, 3.05) is 4.90 Å². The molecule has 1 amide bonds. The Kier molecular flexibility index (Phi) is 6.07. The highest BCUT2D eigenvalue weighted by atomic mass is 19.1. The molecule has 1 heterocycles. The fourth-order valence-corrected chi connectivity index (χ4v) is 10.2. The van der Waals surface area contributed by atoms with Crippen molar-refractivity contribution in [2.45, 2.75) is 104 Å². The van der Waals surface area contributed by atoms with Crippen LogP contribution in [0.25, 0.3) is 0 Å². The van der Waals surface area contributed by atoms with Crippen LogP contribution in [0, 0.1) is 52.2 Å². The molecule has 0 radical (unpaired) electrons. The number of nitrogens with zero attached hydrogens (tertiary/aromatic N) is 1. The van der Waals surface area contributed by atoms with Crippen LogP contribution >= 0.6 is 0 Å². The van der Waals surface area contributed by atoms with Crippen molar-refractivity contribution < 1.29 is 19.4 Å². The van der Waals surface area contributed by atoms with Gasteiger partial charge >= 0.3 is 0 Å². The van der Waals surface area contributed by atoms with E-state index < -0.39 is 0 Å². The van der Waals surface area contributed by atoms with Gasteiger partial charge in [-0.15, -0.1) is 0 Å². The van der Waals surface area contributed by atoms with E-state index >= 15 is 0 Å². The molecular weight excluding hydrogens is 453 g/mol. The number of rotatable bonds is 4. The number of benzene rings is 1. The second-order valence-electron chi connectivity index (χ2n) is 13.7. The summed E-state index contributed by atoms with van der Waals surface area (Å²) in [6, 6.07) is 4.70. The van der Waals surface area contributed by atoms with Crippen LogP contribution < -0.4 is 4.90 Å². The molecule has 1 aromatic rings. The average Bonchev–Trinajstić information content (AvgIpc) is 3.17. The van der Waals surface area contributed by atoms with Gasteiger partial charge in [0.2, 0.25) is 5.91 Å². The number of hydrogen-bond donors (Lipinski definition) is 2. The third-order valence-corrected chi connectivity index (χ3v) is 12.2. The molecule has 198 valence electrons. The first kappa shape index (κ1) is 24.9. The molecule has 1 aromatic carbocycles. The zero-order valence-electron chi connectivity index (χ0n) is 22.3. The van der Waals surface area contributed by atoms with Gasteiger partial charge in [-0.2, -0.15) is 0 Å². The molecule has 0 bridgehead atoms. The molecule has 5 heteroatoms. The van der Waals surface area contributed by atoms with Crippen LogP contribution in [0.1, 0.15) is 90.5 Å². The number of hydrogen-bond acceptors (Lipinski definition) is 3. The highest BCUT2D eigenvalue weighted by molar-refractivity contribution is 5.97. The minimum absolute atomic E-state index is 0.158. The predicted molar refractivity (Wildman–Crippen MR) is 139 cm³/mol. The Labute approximate surface area is 215 Å². The zero-order valence-corrected chi connectivity index (χ0v) is 22.3. The van der Waals surface area contributed by atoms with Gasteiger partial charge < -0.3 is 15.1 Å². The Balaban J connectivity index is 1.12. The number of aliphatic hydroxyl groups excluding tert-OH is 2. The fraction of sp³-hybridized carbons (Fsp3) is 0.774. The normalized spacial score (nSPS) is 44.1. The van der Waals surface area contributed by atoms with E-state index in [-0.39, 0.29) is 34.8 Å². The summed E-state index contributed by atoms with van der Waals surface area (Å²) < 4.78 is 13.4. The van der Waals surface area contributed by atoms with Crippen LogP contribution in [-0.2, 0) is 11.3 Å². The number of anilines is 1. The molecule has 0 saturated heterocycles. The molecule has 4 nitrogen and oxygen atoms in total. The van der Waals surface area contributed by atoms with Crippen molar-refractivity contribution >= 4 is 11.6 Å². The van der Waals surface area contributed by atoms with Crippen LogP contribution in [0.5, 0.6) is 0 Å². The molecule has 6 rings (SSSR count). The van der Waals surface area contributed by atoms with E-state index in [2.05, 4.69) is 20.8 Å². The Hall–Kier alpha value is -1.46. The second kappa shape index (κ2) is 8.80. The number of halogens is 1. The summed E-state index contributed by atoms with van der Waals surface area (Å²) in [5.41, 5.74) is 2.29. The first-order chi connectivity index (χ1) is 17.1. The van der Waals surface area contributed by atoms with E-state index in [1.54, 1.807) is 6.07 Å². The molecule has 4 aliphatic carbocycles. The summed E-state index contributed by atoms with van der Waals surface area (Å²) in [6.45, 7) is 7.84. The fourth-order valence-electron chi connectivity index (χ4n) is 10.2. The summed E-state index contributed by atoms with van der Waals surface area (Å²) in [6.07, 6.45) is 9.58. The van der Waals surface area contributed by atoms with Gasteiger partial charge in [0.05, 0.1) is 18.8 Å². The lowest BCUT2D eigenvalue weighted by molar-refractivity contribution is -0.174. The number of carbonyl (C=O) groups is 1. The van der Waals surface area contributed by atoms with Gasteiger partial charge in [-0.3, -0.25) is 4.79 Å². The lowest BCUT2D eigenvalue weighted by Gasteiger charge is -2.62. The maximum absolute atomic E-state index is 13.4. The van der Waals surface area contributed by atoms with Crippen LogP contribution in [0.4, 0.5) is 10.1 Å². The summed E-state index contributed by atoms with van der Waals surface area (Å²) in [4.78, 5) is 14.8. The maximum Gasteiger partial charge on any atom is 0.227 e. The second-order valence-corrected chi connectivity index (χ2v) is 13.7. The summed E-state index contributed by atoms with van der Waals surface area (Å²) in [5, 5.41) is 21.8. The van der Waals surface area contributed by atoms with Crippen molar-refractivity contribution in [3.63, 3.8) is 0 Å². The van der Waals surface area contributed by atoms with Crippen molar-refractivity contribution in [2.24, 2.45) is 46.3 Å². The van der Waals surface area contributed by atoms with Gasteiger partial charge in [0.1, 0.15) is 5.82 Å². The topological polar surface area (TPSA) is 60.8 Å². The summed E-state index contributed by atoms with van der Waals surface area (Å²) in [7, 11) is 0. The molecule has 4 fully saturated rings. The smallest absolute Gasteiger partial charge is 0.227 e. The standard InChI is InChI=1S/C31H44FNO3/c1-18(4-9-28(36)33-17-19-14-21(32)5-8-26(19)33)23-6-7-24-29-25(11-13-31(23,24)3)30(2)12-10-22(34)15-20(30)16-27(29)35/h5,8,14,18,20,22-25,27,29,34-35H,4,6-7,9-13,15-17H2,1-3H3/t18-,20+,22-,23-,24+,25+,27+,29+,30+,31-/m1/s1. The van der Waals surface area contributed by atoms with Gasteiger partial charge in [0.15, 0.2) is 0 Å². The monoisotopic (exact) mass is 497 g/mol. The van der Waals surface area contributed by atoms with Crippen LogP contribution in [-0.4, -0.2) is 28.3 Å². The van der Waals surface area contributed by atoms with E-state index in [4.69, 9.17) is 0 Å². The number of aliphatic hydroxyl groups is 2. The molecule has 1 aliphatic heterocycles. The summed E-state index contributed by atoms with van der Waals surface area (Å²) in [5.74, 6) is 2.97. The van der Waals surface area contributed by atoms with Gasteiger partial charge in [0, 0.05) is 12.1 Å². The van der Waals surface area contributed by atoms with Gasteiger partial charge in [0.25, 0.3) is 0 Å². The maximum atomic E-state index is 13.4. The predicted octanol–water partition coefficient (Wildman–Crippen LogP) is 6.08. The van der Waals surface area contributed by atoms with E-state index in [9.17, 15) is 19.4 Å². The summed E-state index contributed by atoms with van der Waals surface area (Å²) >= 11 is 0. The average molecular weight is 498 g/mol. The third-order valence-electron chi connectivity index (χ3n) is 12.2. The van der Waals surface area contributed by atoms with Crippen molar-refractivity contribution in [1.82, 2.24) is 0 Å². The van der Waals surface area contributed by atoms with Gasteiger partial charge in [-0.25, -0.2) is 4.39 Å². The first-order valence-electron chi connectivity index (χ1n) is 14.6. The Morgan fingerprint density at radius 1 is 1.08 bits per heavy atom. The van der Waals surface area contributed by atoms with Crippen molar-refractivity contribution in [3.8, 4) is 0 Å². The number of amides is 1. The number of carbonyl (C=O) groups excluding carboxylic acids is 1. The minimum Gasteiger partial charge on any atom is -0.393 e. The largest absolute Gasteiger partial charge is 0.393 e. The Morgan fingerprint density at radius 2 is 1.83 bits per heavy atom. The highest BCUT2D eigenvalue weighted by Crippen LogP contribution is 2.68. The molecule has 2 N–H and O–H groups in total. The number of fused-ring (bicyclic) bond motifs is 6. The zero-order chi connectivity index (χ0) is 25.4. The molecule has 0 unspecified atom stereocenters. The quantitative estimate of drug-likeness (QED) is 0.530. The molecule has 36 heavy (non-hydrogen) atoms. The lowest BCUT2D eigenvalue weighted by Crippen LogP contribution is -2.58. The van der Waals surface area contributed by atoms with Crippen LogP contribution in [0.3, 0.4) is 0 Å². The minimum atomic E-state index is -0.241. The van der Waals surface area contributed by atoms with E-state index in [0.717, 1.165) is 43.4 Å². The molecule has 0 aromatic heterocycles.